The molecule has 0 aliphatic heterocycles. The molecule has 49 heavy (non-hydrogen) atoms. The number of fused-ring (bicyclic) bond motifs is 3. The Kier molecular flexibility index (Phi) is 6.15. The number of nitrogens with zero attached hydrogens (tertiary/aromatic N) is 3. The van der Waals surface area contributed by atoms with E-state index in [1.807, 2.05) is 60.7 Å². The number of rotatable bonds is 5. The van der Waals surface area contributed by atoms with Gasteiger partial charge in [-0.15, -0.1) is 0 Å². The van der Waals surface area contributed by atoms with Gasteiger partial charge >= 0.3 is 0 Å². The maximum atomic E-state index is 6.54. The van der Waals surface area contributed by atoms with Crippen molar-refractivity contribution in [2.24, 2.45) is 0 Å². The van der Waals surface area contributed by atoms with Crippen LogP contribution >= 0.6 is 0 Å². The van der Waals surface area contributed by atoms with Crippen molar-refractivity contribution in [3.8, 4) is 56.4 Å². The maximum Gasteiger partial charge on any atom is 0.164 e. The average Bonchev–Trinajstić information content (AvgIpc) is 3.57. The van der Waals surface area contributed by atoms with Crippen LogP contribution in [-0.2, 0) is 0 Å². The van der Waals surface area contributed by atoms with Crippen molar-refractivity contribution in [3.63, 3.8) is 0 Å². The van der Waals surface area contributed by atoms with Gasteiger partial charge in [-0.1, -0.05) is 140 Å². The minimum atomic E-state index is 0.635. The first-order valence-electron chi connectivity index (χ1n) is 16.4. The SMILES string of the molecule is c1ccc(-c2cc3oc4cccc5c6c(-c7cccc(-c8nc(-c9ccccc9)nc(-c9ccccc9)n8)c7)cccc6c(c2)c3c45)cc1. The normalized spacial score (nSPS) is 11.7. The van der Waals surface area contributed by atoms with Gasteiger partial charge < -0.3 is 4.42 Å². The first kappa shape index (κ1) is 27.5. The summed E-state index contributed by atoms with van der Waals surface area (Å²) >= 11 is 0. The van der Waals surface area contributed by atoms with E-state index >= 15 is 0 Å². The van der Waals surface area contributed by atoms with Crippen molar-refractivity contribution in [1.29, 1.82) is 0 Å². The second-order valence-corrected chi connectivity index (χ2v) is 12.4. The zero-order valence-corrected chi connectivity index (χ0v) is 26.3. The van der Waals surface area contributed by atoms with Gasteiger partial charge in [0, 0.05) is 27.5 Å². The average molecular weight is 626 g/mol. The van der Waals surface area contributed by atoms with E-state index in [1.54, 1.807) is 0 Å². The lowest BCUT2D eigenvalue weighted by Gasteiger charge is -2.14. The van der Waals surface area contributed by atoms with E-state index in [9.17, 15) is 0 Å². The second-order valence-electron chi connectivity index (χ2n) is 12.4. The molecule has 0 spiro atoms. The first-order valence-corrected chi connectivity index (χ1v) is 16.4. The standard InChI is InChI=1S/C45H27N3O/c1-4-13-28(14-5-1)33-26-37-35-22-11-21-34(40(35)36-23-12-24-38-41(36)42(37)39(27-33)49-38)31-19-10-20-32(25-31)45-47-43(29-15-6-2-7-16-29)46-44(48-45)30-17-8-3-9-18-30/h1-27H. The molecular weight excluding hydrogens is 599 g/mol. The Morgan fingerprint density at radius 1 is 0.306 bits per heavy atom. The highest BCUT2D eigenvalue weighted by Crippen LogP contribution is 2.46. The topological polar surface area (TPSA) is 51.8 Å². The van der Waals surface area contributed by atoms with Crippen LogP contribution in [0.5, 0.6) is 0 Å². The molecule has 0 saturated carbocycles. The summed E-state index contributed by atoms with van der Waals surface area (Å²) in [4.78, 5) is 14.9. The molecule has 0 atom stereocenters. The zero-order chi connectivity index (χ0) is 32.3. The van der Waals surface area contributed by atoms with E-state index in [0.717, 1.165) is 44.5 Å². The van der Waals surface area contributed by atoms with E-state index < -0.39 is 0 Å². The summed E-state index contributed by atoms with van der Waals surface area (Å²) in [5.41, 5.74) is 9.19. The van der Waals surface area contributed by atoms with Crippen LogP contribution in [-0.4, -0.2) is 15.0 Å². The lowest BCUT2D eigenvalue weighted by Crippen LogP contribution is -2.00. The fraction of sp³-hybridized carbons (Fsp3) is 0. The Balaban J connectivity index is 1.21. The van der Waals surface area contributed by atoms with Gasteiger partial charge in [-0.2, -0.15) is 0 Å². The predicted octanol–water partition coefficient (Wildman–Crippen LogP) is 11.9. The molecule has 0 unspecified atom stereocenters. The van der Waals surface area contributed by atoms with E-state index in [1.165, 1.54) is 37.9 Å². The van der Waals surface area contributed by atoms with Crippen molar-refractivity contribution in [2.45, 2.75) is 0 Å². The Bertz CT molecular complexity index is 2750. The highest BCUT2D eigenvalue weighted by Gasteiger charge is 2.21. The summed E-state index contributed by atoms with van der Waals surface area (Å²) in [7, 11) is 0. The quantitative estimate of drug-likeness (QED) is 0.179. The number of hydrogen-bond acceptors (Lipinski definition) is 4. The van der Waals surface area contributed by atoms with Crippen LogP contribution in [0.4, 0.5) is 0 Å². The summed E-state index contributed by atoms with van der Waals surface area (Å²) in [6.07, 6.45) is 0. The Morgan fingerprint density at radius 3 is 1.53 bits per heavy atom. The molecule has 4 nitrogen and oxygen atoms in total. The number of furan rings is 1. The molecule has 8 aromatic carbocycles. The van der Waals surface area contributed by atoms with Gasteiger partial charge in [0.15, 0.2) is 17.5 Å². The fourth-order valence-electron chi connectivity index (χ4n) is 7.24. The smallest absolute Gasteiger partial charge is 0.164 e. The molecule has 2 heterocycles. The van der Waals surface area contributed by atoms with Gasteiger partial charge in [0.2, 0.25) is 0 Å². The van der Waals surface area contributed by atoms with Gasteiger partial charge in [-0.25, -0.2) is 15.0 Å². The molecular formula is C45H27N3O. The highest BCUT2D eigenvalue weighted by atomic mass is 16.3. The summed E-state index contributed by atoms with van der Waals surface area (Å²) in [6.45, 7) is 0. The highest BCUT2D eigenvalue weighted by molar-refractivity contribution is 6.35. The minimum absolute atomic E-state index is 0.635. The van der Waals surface area contributed by atoms with Gasteiger partial charge in [0.1, 0.15) is 11.2 Å². The molecule has 4 heteroatoms. The van der Waals surface area contributed by atoms with Crippen LogP contribution in [0.25, 0.3) is 99.9 Å². The fourth-order valence-corrected chi connectivity index (χ4v) is 7.24. The minimum Gasteiger partial charge on any atom is -0.456 e. The summed E-state index contributed by atoms with van der Waals surface area (Å²) in [6, 6.07) is 56.8. The van der Waals surface area contributed by atoms with Crippen molar-refractivity contribution in [2.75, 3.05) is 0 Å². The van der Waals surface area contributed by atoms with E-state index in [0.29, 0.717) is 17.5 Å². The molecule has 0 fully saturated rings. The Morgan fingerprint density at radius 2 is 0.837 bits per heavy atom. The maximum absolute atomic E-state index is 6.54. The Hall–Kier alpha value is -6.65. The lowest BCUT2D eigenvalue weighted by atomic mass is 9.88. The molecule has 0 amide bonds. The van der Waals surface area contributed by atoms with Gasteiger partial charge in [0.05, 0.1) is 0 Å². The van der Waals surface area contributed by atoms with E-state index in [4.69, 9.17) is 19.4 Å². The van der Waals surface area contributed by atoms with Crippen molar-refractivity contribution in [3.05, 3.63) is 164 Å². The molecule has 0 radical (unpaired) electrons. The molecule has 10 rings (SSSR count). The van der Waals surface area contributed by atoms with Crippen LogP contribution in [0, 0.1) is 0 Å². The molecule has 0 N–H and O–H groups in total. The molecule has 2 aromatic heterocycles. The van der Waals surface area contributed by atoms with Crippen LogP contribution in [0.3, 0.4) is 0 Å². The van der Waals surface area contributed by atoms with Gasteiger partial charge in [0.25, 0.3) is 0 Å². The predicted molar refractivity (Wildman–Crippen MR) is 200 cm³/mol. The molecule has 0 aliphatic carbocycles. The zero-order valence-electron chi connectivity index (χ0n) is 26.3. The molecule has 0 aliphatic rings. The largest absolute Gasteiger partial charge is 0.456 e. The van der Waals surface area contributed by atoms with Crippen molar-refractivity contribution >= 4 is 43.5 Å². The Labute approximate surface area is 282 Å². The van der Waals surface area contributed by atoms with Gasteiger partial charge in [-0.3, -0.25) is 0 Å². The monoisotopic (exact) mass is 625 g/mol. The third-order valence-corrected chi connectivity index (χ3v) is 9.46. The summed E-state index contributed by atoms with van der Waals surface area (Å²) in [5, 5.41) is 7.13. The van der Waals surface area contributed by atoms with E-state index in [2.05, 4.69) is 103 Å². The number of aromatic nitrogens is 3. The first-order chi connectivity index (χ1) is 24.3. The molecule has 0 bridgehead atoms. The van der Waals surface area contributed by atoms with Crippen LogP contribution < -0.4 is 0 Å². The van der Waals surface area contributed by atoms with Crippen LogP contribution in [0.1, 0.15) is 0 Å². The van der Waals surface area contributed by atoms with Crippen molar-refractivity contribution < 1.29 is 4.42 Å². The lowest BCUT2D eigenvalue weighted by molar-refractivity contribution is 0.669. The third-order valence-electron chi connectivity index (χ3n) is 9.46. The van der Waals surface area contributed by atoms with Crippen molar-refractivity contribution in [1.82, 2.24) is 15.0 Å². The summed E-state index contributed by atoms with van der Waals surface area (Å²) in [5.74, 6) is 1.93. The van der Waals surface area contributed by atoms with Crippen LogP contribution in [0.15, 0.2) is 168 Å². The summed E-state index contributed by atoms with van der Waals surface area (Å²) < 4.78 is 6.54. The number of hydrogen-bond donors (Lipinski definition) is 0. The van der Waals surface area contributed by atoms with E-state index in [-0.39, 0.29) is 0 Å². The van der Waals surface area contributed by atoms with Crippen LogP contribution in [0.2, 0.25) is 0 Å². The molecule has 10 aromatic rings. The molecule has 0 saturated heterocycles. The molecule has 228 valence electrons. The van der Waals surface area contributed by atoms with Gasteiger partial charge in [-0.05, 0) is 68.1 Å². The number of benzene rings is 8. The second kappa shape index (κ2) is 11.0. The third kappa shape index (κ3) is 4.49.